The van der Waals surface area contributed by atoms with Crippen LogP contribution in [0.2, 0.25) is 0 Å². The molecule has 26 heavy (non-hydrogen) atoms. The van der Waals surface area contributed by atoms with Crippen molar-refractivity contribution < 1.29 is 14.4 Å². The van der Waals surface area contributed by atoms with Gasteiger partial charge in [-0.25, -0.2) is 4.79 Å². The van der Waals surface area contributed by atoms with Gasteiger partial charge in [0.2, 0.25) is 5.91 Å². The number of anilines is 1. The van der Waals surface area contributed by atoms with Gasteiger partial charge < -0.3 is 10.6 Å². The molecule has 0 saturated heterocycles. The van der Waals surface area contributed by atoms with Crippen molar-refractivity contribution in [1.29, 1.82) is 0 Å². The first-order valence-corrected chi connectivity index (χ1v) is 9.37. The Bertz CT molecular complexity index is 703. The summed E-state index contributed by atoms with van der Waals surface area (Å²) >= 11 is 0. The molecule has 0 aromatic heterocycles. The van der Waals surface area contributed by atoms with Crippen molar-refractivity contribution in [2.45, 2.75) is 45.6 Å². The lowest BCUT2D eigenvalue weighted by Crippen LogP contribution is -2.48. The Morgan fingerprint density at radius 2 is 2.00 bits per heavy atom. The lowest BCUT2D eigenvalue weighted by Gasteiger charge is -2.28. The van der Waals surface area contributed by atoms with Crippen molar-refractivity contribution >= 4 is 23.4 Å². The number of hydrogen-bond donors (Lipinski definition) is 3. The van der Waals surface area contributed by atoms with Gasteiger partial charge in [-0.15, -0.1) is 0 Å². The third-order valence-electron chi connectivity index (χ3n) is 5.77. The quantitative estimate of drug-likeness (QED) is 0.683. The molecule has 6 heteroatoms. The summed E-state index contributed by atoms with van der Waals surface area (Å²) in [5, 5.41) is 8.22. The highest BCUT2D eigenvalue weighted by Gasteiger charge is 2.42. The highest BCUT2D eigenvalue weighted by atomic mass is 16.2. The number of nitrogens with one attached hydrogen (secondary N) is 3. The van der Waals surface area contributed by atoms with Gasteiger partial charge in [0, 0.05) is 17.3 Å². The van der Waals surface area contributed by atoms with Gasteiger partial charge in [0.05, 0.1) is 6.54 Å². The number of rotatable bonds is 6. The van der Waals surface area contributed by atoms with E-state index in [1.807, 2.05) is 6.92 Å². The number of urea groups is 1. The number of carbonyl (C=O) groups is 3. The summed E-state index contributed by atoms with van der Waals surface area (Å²) in [5.41, 5.74) is 1.25. The summed E-state index contributed by atoms with van der Waals surface area (Å²) in [4.78, 5) is 35.4. The molecule has 2 saturated carbocycles. The number of ketones is 1. The molecule has 2 aliphatic carbocycles. The fourth-order valence-electron chi connectivity index (χ4n) is 4.46. The van der Waals surface area contributed by atoms with Crippen molar-refractivity contribution in [1.82, 2.24) is 10.6 Å². The number of fused-ring (bicyclic) bond motifs is 2. The maximum absolute atomic E-state index is 12.1. The van der Waals surface area contributed by atoms with E-state index < -0.39 is 11.9 Å². The number of Topliss-reactive ketones (excluding diaryl/α,β-unsaturated/α-hetero) is 1. The molecule has 2 fully saturated rings. The number of carbonyl (C=O) groups excluding carboxylic acids is 3. The molecule has 3 rings (SSSR count). The predicted octanol–water partition coefficient (Wildman–Crippen LogP) is 2.95. The van der Waals surface area contributed by atoms with Crippen LogP contribution in [0.4, 0.5) is 10.5 Å². The molecule has 4 atom stereocenters. The van der Waals surface area contributed by atoms with Crippen LogP contribution >= 0.6 is 0 Å². The van der Waals surface area contributed by atoms with Gasteiger partial charge >= 0.3 is 6.03 Å². The van der Waals surface area contributed by atoms with Crippen molar-refractivity contribution in [3.05, 3.63) is 29.8 Å². The molecule has 2 bridgehead atoms. The Hall–Kier alpha value is -2.37. The first-order valence-electron chi connectivity index (χ1n) is 9.37. The maximum atomic E-state index is 12.1. The molecule has 0 spiro atoms. The molecular weight excluding hydrogens is 330 g/mol. The van der Waals surface area contributed by atoms with E-state index in [0.717, 1.165) is 11.8 Å². The standard InChI is InChI=1S/C20H27N3O3/c1-12(18-9-14-6-7-16(18)8-14)22-20(26)23-19(25)11-21-17-5-3-4-15(10-17)13(2)24/h3-5,10,12,14,16,18,21H,6-9,11H2,1-2H3,(H2,22,23,25,26)/t12-,14+,16+,18-/m1/s1. The van der Waals surface area contributed by atoms with Gasteiger partial charge in [-0.3, -0.25) is 14.9 Å². The van der Waals surface area contributed by atoms with Crippen LogP contribution in [0.25, 0.3) is 0 Å². The zero-order valence-electron chi connectivity index (χ0n) is 15.4. The lowest BCUT2D eigenvalue weighted by atomic mass is 9.84. The lowest BCUT2D eigenvalue weighted by molar-refractivity contribution is -0.118. The van der Waals surface area contributed by atoms with E-state index in [1.54, 1.807) is 24.3 Å². The summed E-state index contributed by atoms with van der Waals surface area (Å²) in [5.74, 6) is 1.64. The van der Waals surface area contributed by atoms with Crippen molar-refractivity contribution in [2.24, 2.45) is 17.8 Å². The molecule has 0 aliphatic heterocycles. The Morgan fingerprint density at radius 1 is 1.19 bits per heavy atom. The molecule has 1 aromatic rings. The Kier molecular flexibility index (Phi) is 5.59. The SMILES string of the molecule is CC(=O)c1cccc(NCC(=O)NC(=O)N[C@H](C)[C@H]2C[C@H]3CC[C@H]2C3)c1. The largest absolute Gasteiger partial charge is 0.376 e. The molecule has 1 aromatic carbocycles. The van der Waals surface area contributed by atoms with Crippen LogP contribution in [0, 0.1) is 17.8 Å². The van der Waals surface area contributed by atoms with E-state index in [9.17, 15) is 14.4 Å². The summed E-state index contributed by atoms with van der Waals surface area (Å²) in [6, 6.07) is 6.57. The highest BCUT2D eigenvalue weighted by molar-refractivity contribution is 5.97. The van der Waals surface area contributed by atoms with Crippen LogP contribution in [0.1, 0.15) is 49.9 Å². The Labute approximate surface area is 154 Å². The number of imide groups is 1. The Balaban J connectivity index is 1.42. The molecular formula is C20H27N3O3. The second kappa shape index (κ2) is 7.89. The van der Waals surface area contributed by atoms with Crippen LogP contribution in [0.5, 0.6) is 0 Å². The molecule has 2 aliphatic rings. The number of hydrogen-bond acceptors (Lipinski definition) is 4. The average Bonchev–Trinajstić information content (AvgIpc) is 3.23. The molecule has 3 N–H and O–H groups in total. The third kappa shape index (κ3) is 4.42. The monoisotopic (exact) mass is 357 g/mol. The maximum Gasteiger partial charge on any atom is 0.321 e. The fourth-order valence-corrected chi connectivity index (χ4v) is 4.46. The van der Waals surface area contributed by atoms with Gasteiger partial charge in [0.1, 0.15) is 0 Å². The van der Waals surface area contributed by atoms with E-state index in [4.69, 9.17) is 0 Å². The van der Waals surface area contributed by atoms with Crippen LogP contribution in [0.3, 0.4) is 0 Å². The minimum Gasteiger partial charge on any atom is -0.376 e. The van der Waals surface area contributed by atoms with E-state index in [1.165, 1.54) is 32.6 Å². The van der Waals surface area contributed by atoms with Gasteiger partial charge in [0.25, 0.3) is 0 Å². The topological polar surface area (TPSA) is 87.3 Å². The smallest absolute Gasteiger partial charge is 0.321 e. The normalized spacial score (nSPS) is 24.8. The highest BCUT2D eigenvalue weighted by Crippen LogP contribution is 2.49. The van der Waals surface area contributed by atoms with Crippen molar-refractivity contribution in [3.8, 4) is 0 Å². The predicted molar refractivity (Wildman–Crippen MR) is 100 cm³/mol. The minimum atomic E-state index is -0.440. The molecule has 6 nitrogen and oxygen atoms in total. The second-order valence-electron chi connectivity index (χ2n) is 7.64. The fraction of sp³-hybridized carbons (Fsp3) is 0.550. The van der Waals surface area contributed by atoms with E-state index in [2.05, 4.69) is 16.0 Å². The summed E-state index contributed by atoms with van der Waals surface area (Å²) in [6.07, 6.45) is 5.08. The Morgan fingerprint density at radius 3 is 2.65 bits per heavy atom. The molecule has 140 valence electrons. The summed E-state index contributed by atoms with van der Waals surface area (Å²) < 4.78 is 0. The van der Waals surface area contributed by atoms with E-state index in [-0.39, 0.29) is 18.4 Å². The molecule has 0 radical (unpaired) electrons. The number of benzene rings is 1. The van der Waals surface area contributed by atoms with Gasteiger partial charge in [-0.2, -0.15) is 0 Å². The minimum absolute atomic E-state index is 0.0305. The van der Waals surface area contributed by atoms with Crippen LogP contribution < -0.4 is 16.0 Å². The first-order chi connectivity index (χ1) is 12.4. The second-order valence-corrected chi connectivity index (χ2v) is 7.64. The van der Waals surface area contributed by atoms with Crippen LogP contribution in [-0.2, 0) is 4.79 Å². The summed E-state index contributed by atoms with van der Waals surface area (Å²) in [7, 11) is 0. The third-order valence-corrected chi connectivity index (χ3v) is 5.77. The van der Waals surface area contributed by atoms with Crippen molar-refractivity contribution in [3.63, 3.8) is 0 Å². The number of amides is 3. The zero-order valence-corrected chi connectivity index (χ0v) is 15.4. The van der Waals surface area contributed by atoms with Gasteiger partial charge in [-0.1, -0.05) is 18.6 Å². The van der Waals surface area contributed by atoms with E-state index >= 15 is 0 Å². The van der Waals surface area contributed by atoms with Gasteiger partial charge in [-0.05, 0) is 63.0 Å². The first kappa shape index (κ1) is 18.4. The zero-order chi connectivity index (χ0) is 18.7. The average molecular weight is 357 g/mol. The summed E-state index contributed by atoms with van der Waals surface area (Å²) in [6.45, 7) is 3.49. The van der Waals surface area contributed by atoms with E-state index in [0.29, 0.717) is 17.2 Å². The van der Waals surface area contributed by atoms with Gasteiger partial charge in [0.15, 0.2) is 5.78 Å². The van der Waals surface area contributed by atoms with Crippen LogP contribution in [0.15, 0.2) is 24.3 Å². The molecule has 0 heterocycles. The van der Waals surface area contributed by atoms with Crippen LogP contribution in [-0.4, -0.2) is 30.3 Å². The molecule has 3 amide bonds. The molecule has 0 unspecified atom stereocenters. The van der Waals surface area contributed by atoms with Crippen molar-refractivity contribution in [2.75, 3.05) is 11.9 Å².